The average Bonchev–Trinajstić information content (AvgIpc) is 2.86. The molecule has 0 fully saturated rings. The summed E-state index contributed by atoms with van der Waals surface area (Å²) in [6.45, 7) is 4.56. The summed E-state index contributed by atoms with van der Waals surface area (Å²) in [6, 6.07) is 2.79. The van der Waals surface area contributed by atoms with Gasteiger partial charge in [-0.25, -0.2) is 0 Å². The highest BCUT2D eigenvalue weighted by Crippen LogP contribution is 2.35. The second-order valence-electron chi connectivity index (χ2n) is 6.04. The lowest BCUT2D eigenvalue weighted by Crippen LogP contribution is -2.21. The minimum absolute atomic E-state index is 0.0996. The van der Waals surface area contributed by atoms with Crippen molar-refractivity contribution < 1.29 is 27.6 Å². The Morgan fingerprint density at radius 1 is 1.36 bits per heavy atom. The first-order valence-electron chi connectivity index (χ1n) is 8.36. The second kappa shape index (κ2) is 8.28. The monoisotopic (exact) mass is 400 g/mol. The first-order valence-corrected chi connectivity index (χ1v) is 8.36. The predicted octanol–water partition coefficient (Wildman–Crippen LogP) is 3.85. The number of aryl methyl sites for hydroxylation is 1. The number of benzene rings is 1. The van der Waals surface area contributed by atoms with E-state index < -0.39 is 29.1 Å². The van der Waals surface area contributed by atoms with Crippen LogP contribution < -0.4 is 10.1 Å². The van der Waals surface area contributed by atoms with E-state index in [2.05, 4.69) is 10.4 Å². The van der Waals surface area contributed by atoms with Gasteiger partial charge in [-0.3, -0.25) is 19.6 Å². The van der Waals surface area contributed by atoms with E-state index in [1.54, 1.807) is 0 Å². The van der Waals surface area contributed by atoms with E-state index in [0.29, 0.717) is 6.42 Å². The van der Waals surface area contributed by atoms with Gasteiger partial charge in [0.05, 0.1) is 22.8 Å². The molecule has 0 aliphatic carbocycles. The van der Waals surface area contributed by atoms with Crippen molar-refractivity contribution >= 4 is 17.3 Å². The van der Waals surface area contributed by atoms with Crippen LogP contribution in [0.2, 0.25) is 0 Å². The van der Waals surface area contributed by atoms with Crippen LogP contribution in [0.25, 0.3) is 0 Å². The van der Waals surface area contributed by atoms with E-state index in [9.17, 15) is 28.1 Å². The number of carbonyl (C=O) groups is 1. The third-order valence-electron chi connectivity index (χ3n) is 3.86. The number of alkyl halides is 3. The van der Waals surface area contributed by atoms with Crippen LogP contribution in [-0.2, 0) is 17.5 Å². The van der Waals surface area contributed by atoms with Crippen LogP contribution in [0.4, 0.5) is 24.5 Å². The number of anilines is 1. The van der Waals surface area contributed by atoms with Gasteiger partial charge in [0.15, 0.2) is 0 Å². The van der Waals surface area contributed by atoms with Gasteiger partial charge in [0.2, 0.25) is 5.91 Å². The number of aromatic nitrogens is 2. The number of hydrogen-bond donors (Lipinski definition) is 1. The first kappa shape index (κ1) is 21.2. The van der Waals surface area contributed by atoms with E-state index in [1.165, 1.54) is 13.8 Å². The molecular formula is C17H19F3N4O4. The van der Waals surface area contributed by atoms with Crippen LogP contribution in [0.5, 0.6) is 5.75 Å². The number of ether oxygens (including phenoxy) is 1. The highest BCUT2D eigenvalue weighted by Gasteiger charge is 2.31. The summed E-state index contributed by atoms with van der Waals surface area (Å²) in [5, 5.41) is 17.4. The fourth-order valence-electron chi connectivity index (χ4n) is 2.57. The van der Waals surface area contributed by atoms with Crippen molar-refractivity contribution in [1.82, 2.24) is 9.78 Å². The van der Waals surface area contributed by atoms with Crippen LogP contribution in [-0.4, -0.2) is 27.2 Å². The molecule has 2 aromatic rings. The molecule has 1 aromatic heterocycles. The minimum atomic E-state index is -4.58. The Morgan fingerprint density at radius 2 is 2.04 bits per heavy atom. The lowest BCUT2D eigenvalue weighted by Gasteiger charge is -2.15. The Kier molecular flexibility index (Phi) is 6.26. The quantitative estimate of drug-likeness (QED) is 0.562. The lowest BCUT2D eigenvalue weighted by atomic mass is 10.1. The zero-order chi connectivity index (χ0) is 21.1. The van der Waals surface area contributed by atoms with Crippen molar-refractivity contribution in [3.63, 3.8) is 0 Å². The molecule has 0 atom stereocenters. The highest BCUT2D eigenvalue weighted by atomic mass is 19.4. The fourth-order valence-corrected chi connectivity index (χ4v) is 2.57. The van der Waals surface area contributed by atoms with Gasteiger partial charge in [0.25, 0.3) is 0 Å². The maximum absolute atomic E-state index is 13.0. The summed E-state index contributed by atoms with van der Waals surface area (Å²) in [5.41, 5.74) is -0.970. The van der Waals surface area contributed by atoms with Crippen LogP contribution >= 0.6 is 0 Å². The lowest BCUT2D eigenvalue weighted by molar-refractivity contribution is -0.386. The summed E-state index contributed by atoms with van der Waals surface area (Å²) < 4.78 is 45.5. The van der Waals surface area contributed by atoms with Gasteiger partial charge in [0, 0.05) is 0 Å². The summed E-state index contributed by atoms with van der Waals surface area (Å²) in [6.07, 6.45) is -3.96. The van der Waals surface area contributed by atoms with Crippen molar-refractivity contribution in [2.24, 2.45) is 0 Å². The third-order valence-corrected chi connectivity index (χ3v) is 3.86. The van der Waals surface area contributed by atoms with Gasteiger partial charge >= 0.3 is 11.9 Å². The molecule has 28 heavy (non-hydrogen) atoms. The predicted molar refractivity (Wildman–Crippen MR) is 94.2 cm³/mol. The number of rotatable bonds is 7. The molecule has 8 nitrogen and oxygen atoms in total. The molecule has 0 aliphatic heterocycles. The van der Waals surface area contributed by atoms with Gasteiger partial charge in [0.1, 0.15) is 23.7 Å². The second-order valence-corrected chi connectivity index (χ2v) is 6.04. The molecule has 152 valence electrons. The maximum Gasteiger partial charge on any atom is 0.416 e. The van der Waals surface area contributed by atoms with Gasteiger partial charge < -0.3 is 10.1 Å². The van der Waals surface area contributed by atoms with E-state index in [4.69, 9.17) is 4.74 Å². The number of nitrogens with one attached hydrogen (secondary N) is 1. The average molecular weight is 400 g/mol. The number of hydrogen-bond acceptors (Lipinski definition) is 5. The Bertz CT molecular complexity index is 893. The Labute approximate surface area is 158 Å². The normalized spacial score (nSPS) is 11.4. The maximum atomic E-state index is 13.0. The fraction of sp³-hybridized carbons (Fsp3) is 0.412. The van der Waals surface area contributed by atoms with E-state index >= 15 is 0 Å². The molecular weight excluding hydrogens is 381 g/mol. The molecule has 0 aliphatic rings. The number of amides is 1. The van der Waals surface area contributed by atoms with Crippen molar-refractivity contribution in [2.45, 2.75) is 39.9 Å². The third kappa shape index (κ3) is 4.78. The van der Waals surface area contributed by atoms with Crippen LogP contribution in [0.3, 0.4) is 0 Å². The Balaban J connectivity index is 2.27. The van der Waals surface area contributed by atoms with Crippen LogP contribution in [0.1, 0.15) is 30.3 Å². The van der Waals surface area contributed by atoms with Gasteiger partial charge in [-0.15, -0.1) is 0 Å². The standard InChI is InChI=1S/C17H19F3N4O4/c1-4-7-28-14-6-5-12(17(18,19)20)8-13(14)21-15(25)9-23-11(3)16(24(26)27)10(2)22-23/h5-6,8H,4,7,9H2,1-3H3,(H,21,25). The summed E-state index contributed by atoms with van der Waals surface area (Å²) >= 11 is 0. The number of nitro groups is 1. The molecule has 2 rings (SSSR count). The Hall–Kier alpha value is -3.11. The van der Waals surface area contributed by atoms with Crippen molar-refractivity contribution in [3.8, 4) is 5.75 Å². The van der Waals surface area contributed by atoms with Gasteiger partial charge in [-0.05, 0) is 38.5 Å². The van der Waals surface area contributed by atoms with Crippen molar-refractivity contribution in [3.05, 3.63) is 45.3 Å². The number of nitrogens with zero attached hydrogens (tertiary/aromatic N) is 3. The van der Waals surface area contributed by atoms with Crippen molar-refractivity contribution in [1.29, 1.82) is 0 Å². The molecule has 0 unspecified atom stereocenters. The van der Waals surface area contributed by atoms with E-state index in [1.807, 2.05) is 6.92 Å². The zero-order valence-corrected chi connectivity index (χ0v) is 15.5. The number of carbonyl (C=O) groups excluding carboxylic acids is 1. The molecule has 1 N–H and O–H groups in total. The zero-order valence-electron chi connectivity index (χ0n) is 15.5. The van der Waals surface area contributed by atoms with Crippen LogP contribution in [0, 0.1) is 24.0 Å². The first-order chi connectivity index (χ1) is 13.0. The molecule has 1 amide bonds. The smallest absolute Gasteiger partial charge is 0.416 e. The molecule has 0 saturated heterocycles. The minimum Gasteiger partial charge on any atom is -0.491 e. The summed E-state index contributed by atoms with van der Waals surface area (Å²) in [7, 11) is 0. The molecule has 1 heterocycles. The van der Waals surface area contributed by atoms with Gasteiger partial charge in [-0.1, -0.05) is 6.92 Å². The molecule has 0 spiro atoms. The van der Waals surface area contributed by atoms with E-state index in [-0.39, 0.29) is 35.1 Å². The van der Waals surface area contributed by atoms with Gasteiger partial charge in [-0.2, -0.15) is 18.3 Å². The largest absolute Gasteiger partial charge is 0.491 e. The van der Waals surface area contributed by atoms with Crippen LogP contribution in [0.15, 0.2) is 18.2 Å². The highest BCUT2D eigenvalue weighted by molar-refractivity contribution is 5.92. The molecule has 0 saturated carbocycles. The Morgan fingerprint density at radius 3 is 2.57 bits per heavy atom. The molecule has 1 aromatic carbocycles. The van der Waals surface area contributed by atoms with Crippen molar-refractivity contribution in [2.75, 3.05) is 11.9 Å². The topological polar surface area (TPSA) is 99.3 Å². The summed E-state index contributed by atoms with van der Waals surface area (Å²) in [5.74, 6) is -0.594. The molecule has 0 bridgehead atoms. The summed E-state index contributed by atoms with van der Waals surface area (Å²) in [4.78, 5) is 22.8. The number of halogens is 3. The molecule has 0 radical (unpaired) electrons. The SMILES string of the molecule is CCCOc1ccc(C(F)(F)F)cc1NC(=O)Cn1nc(C)c([N+](=O)[O-])c1C. The van der Waals surface area contributed by atoms with E-state index in [0.717, 1.165) is 22.9 Å². The molecule has 11 heteroatoms.